The number of sulfonamides is 1. The van der Waals surface area contributed by atoms with Crippen LogP contribution in [0.3, 0.4) is 0 Å². The predicted molar refractivity (Wildman–Crippen MR) is 51.0 cm³/mol. The quantitative estimate of drug-likeness (QED) is 0.691. The number of nitrogens with zero attached hydrogens (tertiary/aromatic N) is 1. The molecular formula is C8H16N2O2S. The first-order valence-electron chi connectivity index (χ1n) is 4.86. The van der Waals surface area contributed by atoms with Crippen LogP contribution in [0.1, 0.15) is 19.8 Å². The van der Waals surface area contributed by atoms with Crippen molar-refractivity contribution >= 4 is 10.0 Å². The van der Waals surface area contributed by atoms with E-state index in [4.69, 9.17) is 0 Å². The van der Waals surface area contributed by atoms with E-state index in [-0.39, 0.29) is 6.04 Å². The second-order valence-electron chi connectivity index (χ2n) is 3.88. The lowest BCUT2D eigenvalue weighted by Crippen LogP contribution is -2.47. The highest BCUT2D eigenvalue weighted by Gasteiger charge is 2.42. The molecule has 2 saturated heterocycles. The van der Waals surface area contributed by atoms with E-state index in [9.17, 15) is 8.42 Å². The predicted octanol–water partition coefficient (Wildman–Crippen LogP) is -0.228. The van der Waals surface area contributed by atoms with Gasteiger partial charge in [-0.3, -0.25) is 0 Å². The number of piperazine rings is 1. The van der Waals surface area contributed by atoms with Crippen molar-refractivity contribution in [3.8, 4) is 0 Å². The molecular weight excluding hydrogens is 188 g/mol. The molecule has 0 amide bonds. The maximum atomic E-state index is 11.7. The molecule has 76 valence electrons. The third-order valence-electron chi connectivity index (χ3n) is 2.83. The van der Waals surface area contributed by atoms with Crippen LogP contribution >= 0.6 is 0 Å². The smallest absolute Gasteiger partial charge is 0.214 e. The summed E-state index contributed by atoms with van der Waals surface area (Å²) in [6, 6.07) is 0.651. The number of hydrogen-bond acceptors (Lipinski definition) is 3. The van der Waals surface area contributed by atoms with Gasteiger partial charge >= 0.3 is 0 Å². The SMILES string of the molecule is CCCS(=O)(=O)N1CC2CC1CN2. The normalized spacial score (nSPS) is 34.2. The van der Waals surface area contributed by atoms with Gasteiger partial charge in [0.1, 0.15) is 0 Å². The van der Waals surface area contributed by atoms with E-state index in [0.29, 0.717) is 24.8 Å². The molecule has 2 bridgehead atoms. The zero-order chi connectivity index (χ0) is 9.47. The number of hydrogen-bond donors (Lipinski definition) is 1. The van der Waals surface area contributed by atoms with Gasteiger partial charge < -0.3 is 5.32 Å². The van der Waals surface area contributed by atoms with E-state index in [0.717, 1.165) is 13.0 Å². The zero-order valence-electron chi connectivity index (χ0n) is 7.86. The van der Waals surface area contributed by atoms with Gasteiger partial charge in [-0.25, -0.2) is 8.42 Å². The Labute approximate surface area is 79.4 Å². The number of rotatable bonds is 3. The summed E-state index contributed by atoms with van der Waals surface area (Å²) in [6.45, 7) is 3.44. The van der Waals surface area contributed by atoms with Crippen LogP contribution in [-0.4, -0.2) is 43.6 Å². The Hall–Kier alpha value is -0.130. The average molecular weight is 204 g/mol. The van der Waals surface area contributed by atoms with Gasteiger partial charge in [-0.15, -0.1) is 0 Å². The van der Waals surface area contributed by atoms with Gasteiger partial charge in [0.25, 0.3) is 0 Å². The van der Waals surface area contributed by atoms with Crippen molar-refractivity contribution in [3.63, 3.8) is 0 Å². The maximum absolute atomic E-state index is 11.7. The Balaban J connectivity index is 2.10. The third-order valence-corrected chi connectivity index (χ3v) is 4.91. The van der Waals surface area contributed by atoms with Crippen molar-refractivity contribution < 1.29 is 8.42 Å². The molecule has 0 radical (unpaired) electrons. The number of nitrogens with one attached hydrogen (secondary N) is 1. The standard InChI is InChI=1S/C8H16N2O2S/c1-2-3-13(11,12)10-6-7-4-8(10)5-9-7/h7-9H,2-6H2,1H3. The Morgan fingerprint density at radius 3 is 2.77 bits per heavy atom. The van der Waals surface area contributed by atoms with E-state index < -0.39 is 10.0 Å². The van der Waals surface area contributed by atoms with Gasteiger partial charge in [-0.2, -0.15) is 4.31 Å². The fourth-order valence-electron chi connectivity index (χ4n) is 2.24. The van der Waals surface area contributed by atoms with E-state index in [1.165, 1.54) is 0 Å². The molecule has 2 fully saturated rings. The highest BCUT2D eigenvalue weighted by atomic mass is 32.2. The molecule has 2 rings (SSSR count). The molecule has 0 spiro atoms. The second-order valence-corrected chi connectivity index (χ2v) is 5.92. The van der Waals surface area contributed by atoms with Crippen LogP contribution in [0.4, 0.5) is 0 Å². The lowest BCUT2D eigenvalue weighted by atomic mass is 10.2. The zero-order valence-corrected chi connectivity index (χ0v) is 8.68. The first-order chi connectivity index (χ1) is 6.13. The van der Waals surface area contributed by atoms with Crippen molar-refractivity contribution in [2.45, 2.75) is 31.8 Å². The minimum Gasteiger partial charge on any atom is -0.311 e. The lowest BCUT2D eigenvalue weighted by molar-refractivity contribution is 0.348. The van der Waals surface area contributed by atoms with Crippen molar-refractivity contribution in [1.29, 1.82) is 0 Å². The first kappa shape index (κ1) is 9.43. The van der Waals surface area contributed by atoms with Crippen LogP contribution in [0.15, 0.2) is 0 Å². The Morgan fingerprint density at radius 1 is 1.54 bits per heavy atom. The molecule has 1 N–H and O–H groups in total. The largest absolute Gasteiger partial charge is 0.311 e. The van der Waals surface area contributed by atoms with Crippen molar-refractivity contribution in [2.75, 3.05) is 18.8 Å². The van der Waals surface area contributed by atoms with E-state index in [1.54, 1.807) is 4.31 Å². The lowest BCUT2D eigenvalue weighted by Gasteiger charge is -2.26. The highest BCUT2D eigenvalue weighted by molar-refractivity contribution is 7.89. The Kier molecular flexibility index (Phi) is 2.33. The van der Waals surface area contributed by atoms with Crippen LogP contribution in [0.5, 0.6) is 0 Å². The van der Waals surface area contributed by atoms with Crippen molar-refractivity contribution in [2.24, 2.45) is 0 Å². The molecule has 2 unspecified atom stereocenters. The minimum atomic E-state index is -2.95. The summed E-state index contributed by atoms with van der Waals surface area (Å²) in [7, 11) is -2.95. The van der Waals surface area contributed by atoms with Crippen molar-refractivity contribution in [3.05, 3.63) is 0 Å². The second kappa shape index (κ2) is 3.22. The molecule has 4 nitrogen and oxygen atoms in total. The molecule has 0 saturated carbocycles. The molecule has 0 aromatic rings. The highest BCUT2D eigenvalue weighted by Crippen LogP contribution is 2.26. The first-order valence-corrected chi connectivity index (χ1v) is 6.47. The van der Waals surface area contributed by atoms with Gasteiger partial charge in [0.2, 0.25) is 10.0 Å². The fraction of sp³-hybridized carbons (Fsp3) is 1.00. The monoisotopic (exact) mass is 204 g/mol. The summed E-state index contributed by atoms with van der Waals surface area (Å²) in [5.41, 5.74) is 0. The summed E-state index contributed by atoms with van der Waals surface area (Å²) < 4.78 is 25.1. The van der Waals surface area contributed by atoms with E-state index >= 15 is 0 Å². The summed E-state index contributed by atoms with van der Waals surface area (Å²) >= 11 is 0. The maximum Gasteiger partial charge on any atom is 0.214 e. The summed E-state index contributed by atoms with van der Waals surface area (Å²) in [5, 5.41) is 3.29. The van der Waals surface area contributed by atoms with Crippen LogP contribution in [0, 0.1) is 0 Å². The molecule has 13 heavy (non-hydrogen) atoms. The van der Waals surface area contributed by atoms with E-state index in [1.807, 2.05) is 6.92 Å². The van der Waals surface area contributed by atoms with Crippen LogP contribution in [-0.2, 0) is 10.0 Å². The molecule has 0 aromatic heterocycles. The van der Waals surface area contributed by atoms with Gasteiger partial charge in [-0.1, -0.05) is 6.92 Å². The average Bonchev–Trinajstić information content (AvgIpc) is 2.63. The van der Waals surface area contributed by atoms with Crippen LogP contribution < -0.4 is 5.32 Å². The topological polar surface area (TPSA) is 49.4 Å². The summed E-state index contributed by atoms with van der Waals surface area (Å²) in [5.74, 6) is 0.302. The van der Waals surface area contributed by atoms with Crippen LogP contribution in [0.2, 0.25) is 0 Å². The van der Waals surface area contributed by atoms with Crippen molar-refractivity contribution in [1.82, 2.24) is 9.62 Å². The minimum absolute atomic E-state index is 0.238. The molecule has 2 atom stereocenters. The third kappa shape index (κ3) is 1.60. The molecule has 2 aliphatic rings. The summed E-state index contributed by atoms with van der Waals surface area (Å²) in [4.78, 5) is 0. The van der Waals surface area contributed by atoms with Gasteiger partial charge in [0.15, 0.2) is 0 Å². The van der Waals surface area contributed by atoms with Crippen LogP contribution in [0.25, 0.3) is 0 Å². The van der Waals surface area contributed by atoms with Gasteiger partial charge in [0.05, 0.1) is 5.75 Å². The molecule has 2 aliphatic heterocycles. The molecule has 5 heteroatoms. The summed E-state index contributed by atoms with van der Waals surface area (Å²) in [6.07, 6.45) is 1.71. The number of fused-ring (bicyclic) bond motifs is 2. The molecule has 0 aromatic carbocycles. The van der Waals surface area contributed by atoms with E-state index in [2.05, 4.69) is 5.32 Å². The van der Waals surface area contributed by atoms with Gasteiger partial charge in [0, 0.05) is 25.2 Å². The Morgan fingerprint density at radius 2 is 2.31 bits per heavy atom. The molecule has 0 aliphatic carbocycles. The Bertz CT molecular complexity index is 289. The van der Waals surface area contributed by atoms with Gasteiger partial charge in [-0.05, 0) is 12.8 Å². The fourth-order valence-corrected chi connectivity index (χ4v) is 4.01. The molecule has 2 heterocycles.